The van der Waals surface area contributed by atoms with Crippen LogP contribution in [0.15, 0.2) is 39.9 Å². The van der Waals surface area contributed by atoms with E-state index in [4.69, 9.17) is 4.42 Å². The molecule has 0 bridgehead atoms. The molecule has 0 aliphatic carbocycles. The lowest BCUT2D eigenvalue weighted by atomic mass is 10.3. The van der Waals surface area contributed by atoms with E-state index in [1.54, 1.807) is 12.1 Å². The predicted molar refractivity (Wildman–Crippen MR) is 61.8 cm³/mol. The van der Waals surface area contributed by atoms with E-state index in [0.29, 0.717) is 20.9 Å². The van der Waals surface area contributed by atoms with Gasteiger partial charge in [0.25, 0.3) is 0 Å². The molecule has 3 rings (SSSR count). The first-order valence-electron chi connectivity index (χ1n) is 4.64. The van der Waals surface area contributed by atoms with Crippen LogP contribution in [0.4, 0.5) is 0 Å². The van der Waals surface area contributed by atoms with Gasteiger partial charge in [0.15, 0.2) is 11.2 Å². The molecule has 3 aromatic rings. The molecule has 5 heteroatoms. The predicted octanol–water partition coefficient (Wildman–Crippen LogP) is 2.56. The van der Waals surface area contributed by atoms with Gasteiger partial charge in [0, 0.05) is 12.3 Å². The van der Waals surface area contributed by atoms with Crippen molar-refractivity contribution in [3.8, 4) is 16.4 Å². The average Bonchev–Trinajstić information content (AvgIpc) is 2.88. The van der Waals surface area contributed by atoms with E-state index in [9.17, 15) is 9.90 Å². The Morgan fingerprint density at radius 2 is 2.25 bits per heavy atom. The van der Waals surface area contributed by atoms with E-state index in [2.05, 4.69) is 4.98 Å². The summed E-state index contributed by atoms with van der Waals surface area (Å²) in [6.45, 7) is 0. The normalized spacial score (nSPS) is 11.0. The van der Waals surface area contributed by atoms with Gasteiger partial charge < -0.3 is 14.5 Å². The molecule has 0 radical (unpaired) electrons. The van der Waals surface area contributed by atoms with Gasteiger partial charge in [0.2, 0.25) is 0 Å². The van der Waals surface area contributed by atoms with Crippen molar-refractivity contribution >= 4 is 21.6 Å². The third-order valence-corrected chi connectivity index (χ3v) is 3.52. The van der Waals surface area contributed by atoms with Crippen LogP contribution in [-0.2, 0) is 0 Å². The van der Waals surface area contributed by atoms with Crippen LogP contribution in [0.3, 0.4) is 0 Å². The third kappa shape index (κ3) is 1.18. The van der Waals surface area contributed by atoms with E-state index in [0.717, 1.165) is 0 Å². The van der Waals surface area contributed by atoms with Crippen molar-refractivity contribution in [1.82, 2.24) is 4.98 Å². The molecule has 0 amide bonds. The molecule has 0 fully saturated rings. The molecular formula is C11H7NO3S. The molecule has 80 valence electrons. The summed E-state index contributed by atoms with van der Waals surface area (Å²) in [4.78, 5) is 15.0. The minimum Gasteiger partial charge on any atom is -0.504 e. The number of furan rings is 1. The molecule has 3 heterocycles. The number of thiophene rings is 1. The van der Waals surface area contributed by atoms with Crippen molar-refractivity contribution in [3.05, 3.63) is 40.9 Å². The van der Waals surface area contributed by atoms with Gasteiger partial charge in [-0.05, 0) is 12.1 Å². The Hall–Kier alpha value is -2.01. The van der Waals surface area contributed by atoms with Gasteiger partial charge in [0.1, 0.15) is 20.9 Å². The Bertz CT molecular complexity index is 694. The van der Waals surface area contributed by atoms with Crippen molar-refractivity contribution in [2.75, 3.05) is 0 Å². The Kier molecular flexibility index (Phi) is 1.87. The number of fused-ring (bicyclic) bond motifs is 1. The molecule has 0 saturated heterocycles. The summed E-state index contributed by atoms with van der Waals surface area (Å²) in [5, 5.41) is 9.97. The number of hydrogen-bond acceptors (Lipinski definition) is 4. The van der Waals surface area contributed by atoms with E-state index < -0.39 is 0 Å². The molecule has 0 spiro atoms. The zero-order chi connectivity index (χ0) is 11.1. The lowest BCUT2D eigenvalue weighted by molar-refractivity contribution is 0.481. The first kappa shape index (κ1) is 9.23. The van der Waals surface area contributed by atoms with Crippen LogP contribution >= 0.6 is 11.3 Å². The zero-order valence-corrected chi connectivity index (χ0v) is 8.88. The van der Waals surface area contributed by atoms with Crippen molar-refractivity contribution in [1.29, 1.82) is 0 Å². The van der Waals surface area contributed by atoms with Crippen LogP contribution in [0, 0.1) is 0 Å². The quantitative estimate of drug-likeness (QED) is 0.678. The number of aromatic amines is 1. The summed E-state index contributed by atoms with van der Waals surface area (Å²) in [5.41, 5.74) is 0.357. The molecule has 0 aromatic carbocycles. The van der Waals surface area contributed by atoms with Crippen LogP contribution in [0.1, 0.15) is 0 Å². The number of pyridine rings is 1. The highest BCUT2D eigenvalue weighted by molar-refractivity contribution is 7.22. The van der Waals surface area contributed by atoms with Gasteiger partial charge in [-0.15, -0.1) is 11.3 Å². The highest BCUT2D eigenvalue weighted by Gasteiger charge is 2.16. The second-order valence-corrected chi connectivity index (χ2v) is 4.32. The number of aromatic nitrogens is 1. The van der Waals surface area contributed by atoms with Gasteiger partial charge >= 0.3 is 0 Å². The number of H-pyrrole nitrogens is 1. The Balaban J connectivity index is 2.40. The molecule has 16 heavy (non-hydrogen) atoms. The average molecular weight is 233 g/mol. The molecule has 0 atom stereocenters. The summed E-state index contributed by atoms with van der Waals surface area (Å²) < 4.78 is 5.71. The summed E-state index contributed by atoms with van der Waals surface area (Å²) >= 11 is 1.22. The summed E-state index contributed by atoms with van der Waals surface area (Å²) in [6.07, 6.45) is 3.05. The SMILES string of the molecule is O=c1cc[nH]c2c(O)c(-c3ccco3)sc12. The van der Waals surface area contributed by atoms with Gasteiger partial charge in [0.05, 0.1) is 6.26 Å². The fraction of sp³-hybridized carbons (Fsp3) is 0. The molecule has 0 unspecified atom stereocenters. The Morgan fingerprint density at radius 1 is 1.38 bits per heavy atom. The Labute approximate surface area is 93.8 Å². The molecule has 0 aliphatic heterocycles. The number of hydrogen-bond donors (Lipinski definition) is 2. The van der Waals surface area contributed by atoms with Crippen LogP contribution < -0.4 is 5.43 Å². The molecule has 2 N–H and O–H groups in total. The maximum absolute atomic E-state index is 11.6. The maximum Gasteiger partial charge on any atom is 0.199 e. The fourth-order valence-electron chi connectivity index (χ4n) is 1.58. The van der Waals surface area contributed by atoms with E-state index in [1.165, 1.54) is 29.9 Å². The minimum absolute atomic E-state index is 0.0626. The van der Waals surface area contributed by atoms with Gasteiger partial charge in [-0.3, -0.25) is 4.79 Å². The van der Waals surface area contributed by atoms with Crippen molar-refractivity contribution in [3.63, 3.8) is 0 Å². The first-order valence-corrected chi connectivity index (χ1v) is 5.46. The van der Waals surface area contributed by atoms with E-state index in [1.807, 2.05) is 0 Å². The van der Waals surface area contributed by atoms with Gasteiger partial charge in [-0.2, -0.15) is 0 Å². The molecule has 0 aliphatic rings. The Morgan fingerprint density at radius 3 is 2.94 bits per heavy atom. The maximum atomic E-state index is 11.6. The number of nitrogens with one attached hydrogen (secondary N) is 1. The molecule has 0 saturated carbocycles. The highest BCUT2D eigenvalue weighted by atomic mass is 32.1. The van der Waals surface area contributed by atoms with E-state index >= 15 is 0 Å². The lowest BCUT2D eigenvalue weighted by Gasteiger charge is -1.92. The number of rotatable bonds is 1. The molecule has 4 nitrogen and oxygen atoms in total. The van der Waals surface area contributed by atoms with Crippen LogP contribution in [0.5, 0.6) is 5.75 Å². The van der Waals surface area contributed by atoms with Crippen molar-refractivity contribution in [2.45, 2.75) is 0 Å². The standard InChI is InChI=1S/C11H7NO3S/c13-6-3-4-12-8-9(14)11(16-10(6)8)7-2-1-5-15-7/h1-5,14H,(H,12,13). The summed E-state index contributed by atoms with van der Waals surface area (Å²) in [6, 6.07) is 4.92. The summed E-state index contributed by atoms with van der Waals surface area (Å²) in [5.74, 6) is 0.624. The van der Waals surface area contributed by atoms with E-state index in [-0.39, 0.29) is 11.2 Å². The van der Waals surface area contributed by atoms with Crippen LogP contribution in [0.25, 0.3) is 20.9 Å². The largest absolute Gasteiger partial charge is 0.504 e. The highest BCUT2D eigenvalue weighted by Crippen LogP contribution is 2.41. The second kappa shape index (κ2) is 3.24. The minimum atomic E-state index is -0.105. The molecular weight excluding hydrogens is 226 g/mol. The van der Waals surface area contributed by atoms with Crippen molar-refractivity contribution in [2.24, 2.45) is 0 Å². The smallest absolute Gasteiger partial charge is 0.199 e. The van der Waals surface area contributed by atoms with Crippen LogP contribution in [-0.4, -0.2) is 10.1 Å². The van der Waals surface area contributed by atoms with Crippen molar-refractivity contribution < 1.29 is 9.52 Å². The lowest BCUT2D eigenvalue weighted by Crippen LogP contribution is -1.95. The van der Waals surface area contributed by atoms with Crippen LogP contribution in [0.2, 0.25) is 0 Å². The third-order valence-electron chi connectivity index (χ3n) is 2.31. The second-order valence-electron chi connectivity index (χ2n) is 3.30. The van der Waals surface area contributed by atoms with Gasteiger partial charge in [-0.1, -0.05) is 0 Å². The summed E-state index contributed by atoms with van der Waals surface area (Å²) in [7, 11) is 0. The monoisotopic (exact) mass is 233 g/mol. The first-order chi connectivity index (χ1) is 7.77. The fourth-order valence-corrected chi connectivity index (χ4v) is 2.63. The topological polar surface area (TPSA) is 66.2 Å². The zero-order valence-electron chi connectivity index (χ0n) is 8.06. The number of aromatic hydroxyl groups is 1. The molecule has 3 aromatic heterocycles. The van der Waals surface area contributed by atoms with Gasteiger partial charge in [-0.25, -0.2) is 0 Å².